The minimum absolute atomic E-state index is 0.247. The molecule has 0 unspecified atom stereocenters. The maximum Gasteiger partial charge on any atom is 0.417 e. The van der Waals surface area contributed by atoms with Crippen LogP contribution in [-0.2, 0) is 28.3 Å². The number of carbonyl (C=O) groups excluding carboxylic acids is 1. The summed E-state index contributed by atoms with van der Waals surface area (Å²) in [6, 6.07) is 1.13. The van der Waals surface area contributed by atoms with Crippen LogP contribution < -0.4 is 0 Å². The summed E-state index contributed by atoms with van der Waals surface area (Å²) in [5.41, 5.74) is -4.53. The van der Waals surface area contributed by atoms with Crippen molar-refractivity contribution in [2.75, 3.05) is 7.11 Å². The van der Waals surface area contributed by atoms with Crippen molar-refractivity contribution in [3.05, 3.63) is 33.3 Å². The van der Waals surface area contributed by atoms with Crippen molar-refractivity contribution < 1.29 is 35.9 Å². The fraction of sp³-hybridized carbons (Fsp3) is 0.364. The van der Waals surface area contributed by atoms with Gasteiger partial charge < -0.3 is 4.74 Å². The van der Waals surface area contributed by atoms with Gasteiger partial charge in [-0.05, 0) is 17.7 Å². The van der Waals surface area contributed by atoms with E-state index in [1.165, 1.54) is 0 Å². The Morgan fingerprint density at radius 1 is 1.15 bits per heavy atom. The van der Waals surface area contributed by atoms with Gasteiger partial charge in [-0.2, -0.15) is 26.3 Å². The van der Waals surface area contributed by atoms with Crippen molar-refractivity contribution in [3.8, 4) is 0 Å². The molecule has 0 heterocycles. The molecule has 20 heavy (non-hydrogen) atoms. The van der Waals surface area contributed by atoms with Crippen LogP contribution in [0.3, 0.4) is 0 Å². The molecule has 0 radical (unpaired) electrons. The third-order valence-corrected chi connectivity index (χ3v) is 3.14. The number of hydrogen-bond acceptors (Lipinski definition) is 2. The highest BCUT2D eigenvalue weighted by atomic mass is 79.9. The normalized spacial score (nSPS) is 12.4. The number of methoxy groups -OCH3 is 1. The maximum atomic E-state index is 12.9. The Labute approximate surface area is 117 Å². The predicted molar refractivity (Wildman–Crippen MR) is 59.9 cm³/mol. The van der Waals surface area contributed by atoms with E-state index in [-0.39, 0.29) is 4.47 Å². The SMILES string of the molecule is COC(=O)Cc1c(Br)ccc(C(F)(F)F)c1C(F)(F)F. The molecule has 112 valence electrons. The molecule has 0 fully saturated rings. The van der Waals surface area contributed by atoms with E-state index in [4.69, 9.17) is 0 Å². The lowest BCUT2D eigenvalue weighted by Crippen LogP contribution is -2.21. The van der Waals surface area contributed by atoms with Crippen molar-refractivity contribution >= 4 is 21.9 Å². The summed E-state index contributed by atoms with van der Waals surface area (Å²) in [5.74, 6) is -1.07. The van der Waals surface area contributed by atoms with E-state index in [9.17, 15) is 31.1 Å². The van der Waals surface area contributed by atoms with Gasteiger partial charge in [0, 0.05) is 4.47 Å². The van der Waals surface area contributed by atoms with Crippen LogP contribution >= 0.6 is 15.9 Å². The van der Waals surface area contributed by atoms with E-state index in [0.29, 0.717) is 6.07 Å². The molecule has 0 saturated heterocycles. The van der Waals surface area contributed by atoms with Crippen LogP contribution in [0, 0.1) is 0 Å². The first-order chi connectivity index (χ1) is 8.98. The van der Waals surface area contributed by atoms with E-state index < -0.39 is 41.4 Å². The first kappa shape index (κ1) is 16.8. The van der Waals surface area contributed by atoms with Crippen molar-refractivity contribution in [2.45, 2.75) is 18.8 Å². The van der Waals surface area contributed by atoms with E-state index >= 15 is 0 Å². The summed E-state index contributed by atoms with van der Waals surface area (Å²) >= 11 is 2.72. The fourth-order valence-electron chi connectivity index (χ4n) is 1.57. The van der Waals surface area contributed by atoms with E-state index in [2.05, 4.69) is 20.7 Å². The van der Waals surface area contributed by atoms with Gasteiger partial charge in [0.15, 0.2) is 0 Å². The summed E-state index contributed by atoms with van der Waals surface area (Å²) in [4.78, 5) is 11.1. The molecule has 0 aliphatic carbocycles. The Balaban J connectivity index is 3.60. The van der Waals surface area contributed by atoms with Crippen molar-refractivity contribution in [1.82, 2.24) is 0 Å². The molecule has 0 atom stereocenters. The highest BCUT2D eigenvalue weighted by molar-refractivity contribution is 9.10. The molecule has 1 aromatic carbocycles. The molecule has 0 aliphatic heterocycles. The molecule has 2 nitrogen and oxygen atoms in total. The lowest BCUT2D eigenvalue weighted by atomic mass is 9.97. The van der Waals surface area contributed by atoms with Crippen LogP contribution in [0.15, 0.2) is 16.6 Å². The first-order valence-corrected chi connectivity index (χ1v) is 5.80. The molecule has 0 aliphatic rings. The Bertz CT molecular complexity index is 521. The standard InChI is InChI=1S/C11H7BrF6O2/c1-20-8(19)4-5-7(12)3-2-6(10(13,14)15)9(5)11(16,17)18/h2-3H,4H2,1H3. The number of ether oxygens (including phenoxy) is 1. The second kappa shape index (κ2) is 5.63. The van der Waals surface area contributed by atoms with Gasteiger partial charge in [-0.3, -0.25) is 4.79 Å². The first-order valence-electron chi connectivity index (χ1n) is 5.01. The average molecular weight is 365 g/mol. The molecule has 0 spiro atoms. The molecular formula is C11H7BrF6O2. The van der Waals surface area contributed by atoms with E-state index in [1.807, 2.05) is 0 Å². The van der Waals surface area contributed by atoms with Crippen molar-refractivity contribution in [2.24, 2.45) is 0 Å². The lowest BCUT2D eigenvalue weighted by molar-refractivity contribution is -0.162. The topological polar surface area (TPSA) is 26.3 Å². The van der Waals surface area contributed by atoms with Crippen LogP contribution in [0.5, 0.6) is 0 Å². The Hall–Kier alpha value is -1.25. The molecule has 0 amide bonds. The zero-order valence-corrected chi connectivity index (χ0v) is 11.4. The zero-order valence-electron chi connectivity index (χ0n) is 9.82. The maximum absolute atomic E-state index is 12.9. The van der Waals surface area contributed by atoms with Gasteiger partial charge in [0.1, 0.15) is 0 Å². The van der Waals surface area contributed by atoms with Gasteiger partial charge in [0.2, 0.25) is 0 Å². The Morgan fingerprint density at radius 3 is 2.10 bits per heavy atom. The number of alkyl halides is 6. The second-order valence-electron chi connectivity index (χ2n) is 3.70. The number of halogens is 7. The van der Waals surface area contributed by atoms with Gasteiger partial charge in [-0.25, -0.2) is 0 Å². The van der Waals surface area contributed by atoms with E-state index in [0.717, 1.165) is 13.2 Å². The van der Waals surface area contributed by atoms with Gasteiger partial charge in [0.05, 0.1) is 24.7 Å². The molecular weight excluding hydrogens is 358 g/mol. The minimum atomic E-state index is -5.25. The third kappa shape index (κ3) is 3.65. The highest BCUT2D eigenvalue weighted by Gasteiger charge is 2.45. The van der Waals surface area contributed by atoms with Gasteiger partial charge in [-0.1, -0.05) is 15.9 Å². The summed E-state index contributed by atoms with van der Waals surface area (Å²) in [7, 11) is 0.928. The zero-order chi connectivity index (χ0) is 15.7. The number of rotatable bonds is 2. The summed E-state index contributed by atoms with van der Waals surface area (Å²) in [6.07, 6.45) is -11.4. The largest absolute Gasteiger partial charge is 0.469 e. The van der Waals surface area contributed by atoms with Crippen LogP contribution in [0.25, 0.3) is 0 Å². The van der Waals surface area contributed by atoms with Crippen LogP contribution in [0.4, 0.5) is 26.3 Å². The second-order valence-corrected chi connectivity index (χ2v) is 4.55. The number of benzene rings is 1. The molecule has 1 aromatic rings. The fourth-order valence-corrected chi connectivity index (χ4v) is 2.04. The van der Waals surface area contributed by atoms with Gasteiger partial charge in [0.25, 0.3) is 0 Å². The smallest absolute Gasteiger partial charge is 0.417 e. The molecule has 1 rings (SSSR count). The van der Waals surface area contributed by atoms with Crippen molar-refractivity contribution in [3.63, 3.8) is 0 Å². The molecule has 0 bridgehead atoms. The number of carbonyl (C=O) groups is 1. The summed E-state index contributed by atoms with van der Waals surface area (Å²) in [5, 5.41) is 0. The summed E-state index contributed by atoms with van der Waals surface area (Å²) in [6.45, 7) is 0. The Morgan fingerprint density at radius 2 is 1.70 bits per heavy atom. The Kier molecular flexibility index (Phi) is 4.73. The molecule has 0 aromatic heterocycles. The van der Waals surface area contributed by atoms with E-state index in [1.54, 1.807) is 0 Å². The van der Waals surface area contributed by atoms with Gasteiger partial charge in [-0.15, -0.1) is 0 Å². The minimum Gasteiger partial charge on any atom is -0.469 e. The van der Waals surface area contributed by atoms with Crippen LogP contribution in [0.2, 0.25) is 0 Å². The van der Waals surface area contributed by atoms with Crippen LogP contribution in [-0.4, -0.2) is 13.1 Å². The van der Waals surface area contributed by atoms with Gasteiger partial charge >= 0.3 is 18.3 Å². The molecule has 9 heteroatoms. The van der Waals surface area contributed by atoms with Crippen LogP contribution in [0.1, 0.15) is 16.7 Å². The average Bonchev–Trinajstić information content (AvgIpc) is 2.28. The molecule has 0 saturated carbocycles. The quantitative estimate of drug-likeness (QED) is 0.580. The third-order valence-electron chi connectivity index (χ3n) is 2.39. The lowest BCUT2D eigenvalue weighted by Gasteiger charge is -2.19. The number of hydrogen-bond donors (Lipinski definition) is 0. The highest BCUT2D eigenvalue weighted by Crippen LogP contribution is 2.44. The monoisotopic (exact) mass is 364 g/mol. The number of esters is 1. The molecule has 0 N–H and O–H groups in total. The summed E-state index contributed by atoms with van der Waals surface area (Å²) < 4.78 is 80.7. The van der Waals surface area contributed by atoms with Crippen molar-refractivity contribution in [1.29, 1.82) is 0 Å². The predicted octanol–water partition coefficient (Wildman–Crippen LogP) is 4.20.